The number of aliphatic hydroxyl groups excluding tert-OH is 2. The number of hydrogen-bond donors (Lipinski definition) is 5. The van der Waals surface area contributed by atoms with E-state index in [2.05, 4.69) is 4.74 Å². The molecular formula is C12H17NaO10S. The summed E-state index contributed by atoms with van der Waals surface area (Å²) in [6.45, 7) is 0.696. The smallest absolute Gasteiger partial charge is 1.00 e. The molecule has 0 heterocycles. The Morgan fingerprint density at radius 3 is 1.88 bits per heavy atom. The normalized spacial score (nSPS) is 10.1. The SMILES string of the molecule is O=C(O)c1ccc(C(=O)O)c(S(=O)(=O)O)c1.OCCOCCO.[H-].[Na+]. The molecule has 0 bridgehead atoms. The molecule has 5 N–H and O–H groups in total. The summed E-state index contributed by atoms with van der Waals surface area (Å²) in [5.41, 5.74) is -1.12. The van der Waals surface area contributed by atoms with Crippen LogP contribution in [0, 0.1) is 0 Å². The van der Waals surface area contributed by atoms with Gasteiger partial charge in [0.05, 0.1) is 37.6 Å². The maximum absolute atomic E-state index is 10.8. The van der Waals surface area contributed by atoms with Crippen LogP contribution in [0.15, 0.2) is 23.1 Å². The molecule has 0 unspecified atom stereocenters. The van der Waals surface area contributed by atoms with E-state index >= 15 is 0 Å². The molecule has 0 radical (unpaired) electrons. The Morgan fingerprint density at radius 2 is 1.54 bits per heavy atom. The summed E-state index contributed by atoms with van der Waals surface area (Å²) in [5.74, 6) is -3.01. The van der Waals surface area contributed by atoms with E-state index in [1.807, 2.05) is 0 Å². The van der Waals surface area contributed by atoms with Gasteiger partial charge in [-0.25, -0.2) is 9.59 Å². The van der Waals surface area contributed by atoms with Crippen LogP contribution in [-0.2, 0) is 14.9 Å². The zero-order chi connectivity index (χ0) is 18.0. The van der Waals surface area contributed by atoms with Gasteiger partial charge in [0.2, 0.25) is 0 Å². The van der Waals surface area contributed by atoms with E-state index in [4.69, 9.17) is 25.0 Å². The number of aromatic carboxylic acids is 2. The summed E-state index contributed by atoms with van der Waals surface area (Å²) < 4.78 is 35.0. The predicted molar refractivity (Wildman–Crippen MR) is 76.3 cm³/mol. The average molecular weight is 376 g/mol. The fourth-order valence-electron chi connectivity index (χ4n) is 1.28. The minimum atomic E-state index is -4.78. The fraction of sp³-hybridized carbons (Fsp3) is 0.333. The molecular weight excluding hydrogens is 359 g/mol. The van der Waals surface area contributed by atoms with Crippen LogP contribution in [0.5, 0.6) is 0 Å². The van der Waals surface area contributed by atoms with Gasteiger partial charge in [0, 0.05) is 0 Å². The predicted octanol–water partition coefficient (Wildman–Crippen LogP) is -3.57. The first-order valence-electron chi connectivity index (χ1n) is 6.02. The van der Waals surface area contributed by atoms with Gasteiger partial charge in [-0.2, -0.15) is 8.42 Å². The number of hydrogen-bond acceptors (Lipinski definition) is 7. The van der Waals surface area contributed by atoms with Crippen LogP contribution in [0.3, 0.4) is 0 Å². The molecule has 1 aromatic rings. The van der Waals surface area contributed by atoms with Crippen LogP contribution < -0.4 is 29.6 Å². The van der Waals surface area contributed by atoms with E-state index in [0.717, 1.165) is 12.1 Å². The Morgan fingerprint density at radius 1 is 1.04 bits per heavy atom. The third-order valence-electron chi connectivity index (χ3n) is 2.21. The molecule has 10 nitrogen and oxygen atoms in total. The van der Waals surface area contributed by atoms with Crippen molar-refractivity contribution in [3.05, 3.63) is 29.3 Å². The molecule has 0 aromatic heterocycles. The van der Waals surface area contributed by atoms with Crippen LogP contribution in [0.2, 0.25) is 0 Å². The molecule has 1 aromatic carbocycles. The van der Waals surface area contributed by atoms with Crippen molar-refractivity contribution in [1.29, 1.82) is 0 Å². The quantitative estimate of drug-likeness (QED) is 0.182. The molecule has 0 spiro atoms. The van der Waals surface area contributed by atoms with Crippen LogP contribution in [0.4, 0.5) is 0 Å². The number of rotatable bonds is 7. The van der Waals surface area contributed by atoms with Crippen molar-refractivity contribution < 1.29 is 78.7 Å². The van der Waals surface area contributed by atoms with Crippen molar-refractivity contribution in [3.8, 4) is 0 Å². The van der Waals surface area contributed by atoms with E-state index < -0.39 is 38.1 Å². The monoisotopic (exact) mass is 376 g/mol. The standard InChI is InChI=1S/C8H6O7S.C4H10O3.Na.H/c9-7(10)4-1-2-5(8(11)12)6(3-4)16(13,14)15;5-1-3-7-4-2-6;;/h1-3H,(H,9,10)(H,11,12)(H,13,14,15);5-6H,1-4H2;;/q;;+1;-1. The number of benzene rings is 1. The molecule has 24 heavy (non-hydrogen) atoms. The zero-order valence-electron chi connectivity index (χ0n) is 13.7. The number of aliphatic hydroxyl groups is 2. The van der Waals surface area contributed by atoms with Gasteiger partial charge >= 0.3 is 41.5 Å². The molecule has 1 rings (SSSR count). The maximum Gasteiger partial charge on any atom is 1.00 e. The number of ether oxygens (including phenoxy) is 1. The molecule has 0 aliphatic heterocycles. The van der Waals surface area contributed by atoms with Gasteiger partial charge in [-0.3, -0.25) is 4.55 Å². The summed E-state index contributed by atoms with van der Waals surface area (Å²) in [6.07, 6.45) is 0. The second kappa shape index (κ2) is 12.3. The summed E-state index contributed by atoms with van der Waals surface area (Å²) >= 11 is 0. The molecule has 0 fully saturated rings. The molecule has 132 valence electrons. The molecule has 12 heteroatoms. The second-order valence-electron chi connectivity index (χ2n) is 3.86. The average Bonchev–Trinajstić information content (AvgIpc) is 2.46. The van der Waals surface area contributed by atoms with Crippen LogP contribution in [0.1, 0.15) is 22.1 Å². The van der Waals surface area contributed by atoms with Crippen molar-refractivity contribution in [2.24, 2.45) is 0 Å². The van der Waals surface area contributed by atoms with Crippen molar-refractivity contribution in [1.82, 2.24) is 0 Å². The molecule has 0 atom stereocenters. The van der Waals surface area contributed by atoms with Gasteiger partial charge in [0.1, 0.15) is 4.90 Å². The largest absolute Gasteiger partial charge is 1.00 e. The minimum Gasteiger partial charge on any atom is -1.00 e. The van der Waals surface area contributed by atoms with Crippen molar-refractivity contribution in [2.45, 2.75) is 4.90 Å². The first-order valence-corrected chi connectivity index (χ1v) is 7.46. The third kappa shape index (κ3) is 9.30. The molecule has 0 saturated heterocycles. The Balaban J connectivity index is -0.000000464. The van der Waals surface area contributed by atoms with E-state index in [1.165, 1.54) is 0 Å². The summed E-state index contributed by atoms with van der Waals surface area (Å²) in [5, 5.41) is 33.4. The van der Waals surface area contributed by atoms with Gasteiger partial charge in [-0.1, -0.05) is 0 Å². The van der Waals surface area contributed by atoms with E-state index in [0.29, 0.717) is 19.3 Å². The van der Waals surface area contributed by atoms with Gasteiger partial charge in [-0.15, -0.1) is 0 Å². The summed E-state index contributed by atoms with van der Waals surface area (Å²) in [6, 6.07) is 2.32. The van der Waals surface area contributed by atoms with Crippen molar-refractivity contribution >= 4 is 22.1 Å². The van der Waals surface area contributed by atoms with Gasteiger partial charge in [-0.05, 0) is 18.2 Å². The fourth-order valence-corrected chi connectivity index (χ4v) is 1.99. The summed E-state index contributed by atoms with van der Waals surface area (Å²) in [4.78, 5) is 20.2. The zero-order valence-corrected chi connectivity index (χ0v) is 15.6. The Kier molecular flexibility index (Phi) is 12.9. The first-order chi connectivity index (χ1) is 10.6. The maximum atomic E-state index is 10.8. The Labute approximate surface area is 161 Å². The Bertz CT molecular complexity index is 645. The van der Waals surface area contributed by atoms with E-state index in [-0.39, 0.29) is 44.2 Å². The van der Waals surface area contributed by atoms with Crippen LogP contribution >= 0.6 is 0 Å². The first kappa shape index (κ1) is 25.2. The third-order valence-corrected chi connectivity index (χ3v) is 3.10. The number of carboxylic acid groups (broad SMARTS) is 2. The van der Waals surface area contributed by atoms with Crippen LogP contribution in [0.25, 0.3) is 0 Å². The van der Waals surface area contributed by atoms with Gasteiger partial charge < -0.3 is 26.6 Å². The Hall–Kier alpha value is -1.05. The van der Waals surface area contributed by atoms with E-state index in [9.17, 15) is 18.0 Å². The number of carboxylic acids is 2. The van der Waals surface area contributed by atoms with Crippen molar-refractivity contribution in [3.63, 3.8) is 0 Å². The van der Waals surface area contributed by atoms with E-state index in [1.54, 1.807) is 0 Å². The molecule has 0 saturated carbocycles. The molecule has 0 aliphatic carbocycles. The number of carbonyl (C=O) groups is 2. The van der Waals surface area contributed by atoms with Crippen LogP contribution in [-0.4, -0.2) is 71.8 Å². The summed E-state index contributed by atoms with van der Waals surface area (Å²) in [7, 11) is -4.78. The van der Waals surface area contributed by atoms with Gasteiger partial charge in [0.25, 0.3) is 10.1 Å². The van der Waals surface area contributed by atoms with Crippen molar-refractivity contribution in [2.75, 3.05) is 26.4 Å². The molecule has 0 amide bonds. The molecule has 0 aliphatic rings. The minimum absolute atomic E-state index is 0. The topological polar surface area (TPSA) is 179 Å². The van der Waals surface area contributed by atoms with Gasteiger partial charge in [0.15, 0.2) is 0 Å². The second-order valence-corrected chi connectivity index (χ2v) is 5.25.